The van der Waals surface area contributed by atoms with Gasteiger partial charge in [0.25, 0.3) is 0 Å². The van der Waals surface area contributed by atoms with Crippen LogP contribution < -0.4 is 0 Å². The molecule has 8 nitrogen and oxygen atoms in total. The van der Waals surface area contributed by atoms with Crippen LogP contribution in [-0.4, -0.2) is 44.8 Å². The summed E-state index contributed by atoms with van der Waals surface area (Å²) in [5, 5.41) is 27.0. The number of carbonyl (C=O) groups excluding carboxylic acids is 1. The van der Waals surface area contributed by atoms with E-state index in [9.17, 15) is 24.3 Å². The van der Waals surface area contributed by atoms with Crippen LogP contribution in [0.5, 0.6) is 0 Å². The normalized spacial score (nSPS) is 35.8. The van der Waals surface area contributed by atoms with Gasteiger partial charge in [-0.1, -0.05) is 12.2 Å². The molecule has 0 saturated heterocycles. The van der Waals surface area contributed by atoms with E-state index in [1.807, 2.05) is 0 Å². The number of esters is 1. The standard InChI is InChI=1S/C19H30O4.C11H16.C8H14O4/c1-17(2,15(20)21)18(3,4)16(22)23-19(5)13-7-11-6-12(9-13)10-14(19)8-11;1-7-10-3-8-2-9(5-10)6-11(7)4-8;1-7(2,5(9)10)8(3,4)6(11)12/h11-14H,6-10H2,1-5H3,(H,20,21);8-11H,1-6H2;1-4H3,(H,9,10)(H,11,12)/p+2. The topological polar surface area (TPSA) is 138 Å². The number of carboxylic acids is 3. The highest BCUT2D eigenvalue weighted by molar-refractivity contribution is 5.87. The quantitative estimate of drug-likeness (QED) is 0.185. The van der Waals surface area contributed by atoms with Gasteiger partial charge in [0.1, 0.15) is 5.60 Å². The molecule has 8 aliphatic rings. The van der Waals surface area contributed by atoms with Crippen molar-refractivity contribution in [3.05, 3.63) is 12.2 Å². The maximum atomic E-state index is 12.9. The fourth-order valence-electron chi connectivity index (χ4n) is 9.46. The van der Waals surface area contributed by atoms with E-state index < -0.39 is 45.2 Å². The Morgan fingerprint density at radius 1 is 0.587 bits per heavy atom. The Morgan fingerprint density at radius 2 is 0.870 bits per heavy atom. The minimum atomic E-state index is -1.27. The molecule has 0 aromatic carbocycles. The van der Waals surface area contributed by atoms with Gasteiger partial charge in [-0.25, -0.2) is 0 Å². The van der Waals surface area contributed by atoms with Crippen molar-refractivity contribution in [1.29, 1.82) is 0 Å². The first-order chi connectivity index (χ1) is 20.9. The van der Waals surface area contributed by atoms with E-state index in [0.717, 1.165) is 35.5 Å². The molecule has 8 rings (SSSR count). The SMILES string of the molecule is C=C1C2CC3CC(C2)CC1C3.CC(C)(C(=O)O)C(C)(C)C(=O)O.CC1(OC(=O)C(C)(C)C(C)(C)C(=O)O)C2CC3CC(C2)CC1C3.[H+].[H+]. The Kier molecular flexibility index (Phi) is 9.71. The predicted octanol–water partition coefficient (Wildman–Crippen LogP) is 8.31. The molecule has 8 heteroatoms. The van der Waals surface area contributed by atoms with Crippen LogP contribution in [0.15, 0.2) is 12.2 Å². The molecule has 0 spiro atoms. The molecule has 0 unspecified atom stereocenters. The van der Waals surface area contributed by atoms with Gasteiger partial charge in [0, 0.05) is 0 Å². The molecule has 8 saturated carbocycles. The molecule has 0 amide bonds. The van der Waals surface area contributed by atoms with Crippen molar-refractivity contribution in [3.63, 3.8) is 0 Å². The maximum absolute atomic E-state index is 12.9. The number of ether oxygens (including phenoxy) is 1. The highest BCUT2D eigenvalue weighted by Crippen LogP contribution is 2.60. The Morgan fingerprint density at radius 3 is 1.17 bits per heavy atom. The molecule has 3 N–H and O–H groups in total. The highest BCUT2D eigenvalue weighted by Gasteiger charge is 2.59. The molecule has 0 aromatic heterocycles. The van der Waals surface area contributed by atoms with Crippen LogP contribution in [0.4, 0.5) is 0 Å². The summed E-state index contributed by atoms with van der Waals surface area (Å²) < 4.78 is 6.11. The van der Waals surface area contributed by atoms with Crippen LogP contribution >= 0.6 is 0 Å². The Balaban J connectivity index is 0.000000271. The summed E-state index contributed by atoms with van der Waals surface area (Å²) in [4.78, 5) is 45.9. The zero-order valence-corrected chi connectivity index (χ0v) is 29.8. The minimum Gasteiger partial charge on any atom is -0.481 e. The lowest BCUT2D eigenvalue weighted by molar-refractivity contribution is -0.217. The van der Waals surface area contributed by atoms with Gasteiger partial charge >= 0.3 is 26.7 Å². The Bertz CT molecular complexity index is 1170. The number of carboxylic acid groups (broad SMARTS) is 3. The number of aliphatic carboxylic acids is 3. The molecule has 260 valence electrons. The van der Waals surface area contributed by atoms with Gasteiger partial charge in [-0.15, -0.1) is 0 Å². The van der Waals surface area contributed by atoms with Crippen LogP contribution in [0.1, 0.15) is 129 Å². The van der Waals surface area contributed by atoms with Gasteiger partial charge in [-0.05, 0) is 174 Å². The maximum Gasteiger partial charge on any atom is 1.00 e. The monoisotopic (exact) mass is 646 g/mol. The number of allylic oxidation sites excluding steroid dienone is 1. The van der Waals surface area contributed by atoms with Crippen LogP contribution in [0.2, 0.25) is 0 Å². The third-order valence-corrected chi connectivity index (χ3v) is 14.5. The van der Waals surface area contributed by atoms with Gasteiger partial charge < -0.3 is 20.1 Å². The lowest BCUT2D eigenvalue weighted by atomic mass is 9.50. The van der Waals surface area contributed by atoms with Crippen molar-refractivity contribution >= 4 is 23.9 Å². The zero-order chi connectivity index (χ0) is 34.8. The summed E-state index contributed by atoms with van der Waals surface area (Å²) in [6, 6.07) is 0. The third kappa shape index (κ3) is 6.27. The number of carbonyl (C=O) groups is 4. The average molecular weight is 647 g/mol. The van der Waals surface area contributed by atoms with E-state index in [1.165, 1.54) is 85.5 Å². The van der Waals surface area contributed by atoms with E-state index in [-0.39, 0.29) is 8.82 Å². The second-order valence-electron chi connectivity index (χ2n) is 18.2. The molecule has 8 fully saturated rings. The largest absolute Gasteiger partial charge is 1.00 e. The van der Waals surface area contributed by atoms with Crippen molar-refractivity contribution in [2.45, 2.75) is 132 Å². The fraction of sp³-hybridized carbons (Fsp3) is 0.842. The predicted molar refractivity (Wildman–Crippen MR) is 178 cm³/mol. The molecule has 0 aliphatic heterocycles. The first-order valence-electron chi connectivity index (χ1n) is 17.6. The van der Waals surface area contributed by atoms with Crippen molar-refractivity contribution < 1.29 is 42.1 Å². The van der Waals surface area contributed by atoms with Crippen molar-refractivity contribution in [2.24, 2.45) is 69.0 Å². The summed E-state index contributed by atoms with van der Waals surface area (Å²) in [7, 11) is 0. The Labute approximate surface area is 279 Å². The van der Waals surface area contributed by atoms with Crippen molar-refractivity contribution in [1.82, 2.24) is 0 Å². The molecule has 0 radical (unpaired) electrons. The molecule has 0 atom stereocenters. The lowest BCUT2D eigenvalue weighted by Crippen LogP contribution is -2.59. The Hall–Kier alpha value is -2.38. The molecule has 0 heterocycles. The van der Waals surface area contributed by atoms with Gasteiger partial charge in [0.2, 0.25) is 0 Å². The van der Waals surface area contributed by atoms with Gasteiger partial charge in [0.15, 0.2) is 0 Å². The molecular weight excluding hydrogens is 584 g/mol. The fourth-order valence-corrected chi connectivity index (χ4v) is 9.46. The second kappa shape index (κ2) is 12.3. The van der Waals surface area contributed by atoms with E-state index >= 15 is 0 Å². The van der Waals surface area contributed by atoms with Crippen molar-refractivity contribution in [2.75, 3.05) is 0 Å². The minimum absolute atomic E-state index is 0. The van der Waals surface area contributed by atoms with Crippen molar-refractivity contribution in [3.8, 4) is 0 Å². The van der Waals surface area contributed by atoms with Gasteiger partial charge in [-0.3, -0.25) is 19.2 Å². The van der Waals surface area contributed by atoms with Gasteiger partial charge in [-0.2, -0.15) is 0 Å². The molecule has 8 aliphatic carbocycles. The van der Waals surface area contributed by atoms with E-state index in [2.05, 4.69) is 13.5 Å². The van der Waals surface area contributed by atoms with E-state index in [4.69, 9.17) is 14.9 Å². The van der Waals surface area contributed by atoms with Crippen LogP contribution in [0, 0.1) is 69.0 Å². The summed E-state index contributed by atoms with van der Waals surface area (Å²) >= 11 is 0. The summed E-state index contributed by atoms with van der Waals surface area (Å²) in [6.07, 6.45) is 13.5. The van der Waals surface area contributed by atoms with Gasteiger partial charge in [0.05, 0.1) is 21.7 Å². The molecule has 46 heavy (non-hydrogen) atoms. The summed E-state index contributed by atoms with van der Waals surface area (Å²) in [5.41, 5.74) is -3.53. The van der Waals surface area contributed by atoms with E-state index in [0.29, 0.717) is 11.8 Å². The first-order valence-corrected chi connectivity index (χ1v) is 17.6. The average Bonchev–Trinajstić information content (AvgIpc) is 2.94. The third-order valence-electron chi connectivity index (χ3n) is 14.5. The molecule has 8 bridgehead atoms. The summed E-state index contributed by atoms with van der Waals surface area (Å²) in [5.74, 6) is 3.10. The molecular formula is C38H62O8+2. The number of rotatable bonds is 7. The summed E-state index contributed by atoms with van der Waals surface area (Å²) in [6.45, 7) is 18.6. The number of hydrogen-bond acceptors (Lipinski definition) is 5. The van der Waals surface area contributed by atoms with Crippen LogP contribution in [-0.2, 0) is 23.9 Å². The van der Waals surface area contributed by atoms with Crippen LogP contribution in [0.3, 0.4) is 0 Å². The first kappa shape index (κ1) is 36.5. The smallest absolute Gasteiger partial charge is 0.481 e. The number of hydrogen-bond donors (Lipinski definition) is 3. The highest BCUT2D eigenvalue weighted by atomic mass is 16.6. The molecule has 0 aromatic rings. The van der Waals surface area contributed by atoms with Crippen LogP contribution in [0.25, 0.3) is 0 Å². The second-order valence-corrected chi connectivity index (χ2v) is 18.2. The zero-order valence-electron chi connectivity index (χ0n) is 31.8. The lowest BCUT2D eigenvalue weighted by Gasteiger charge is -2.59. The van der Waals surface area contributed by atoms with E-state index in [1.54, 1.807) is 39.7 Å².